The van der Waals surface area contributed by atoms with Crippen molar-refractivity contribution in [3.63, 3.8) is 0 Å². The molecule has 0 radical (unpaired) electrons. The van der Waals surface area contributed by atoms with Crippen molar-refractivity contribution >= 4 is 15.9 Å². The summed E-state index contributed by atoms with van der Waals surface area (Å²) in [6, 6.07) is 12.9. The lowest BCUT2D eigenvalue weighted by Gasteiger charge is -2.34. The number of fused-ring (bicyclic) bond motifs is 1. The standard InChI is InChI=1S/C17H16BrFO/c18-16-9-15(19)6-5-14(16)11-17(20)8-7-12-3-1-2-4-13(12)10-17/h1-6,9,20H,7-8,10-11H2. The number of aryl methyl sites for hydroxylation is 1. The van der Waals surface area contributed by atoms with Gasteiger partial charge in [-0.3, -0.25) is 0 Å². The number of rotatable bonds is 2. The quantitative estimate of drug-likeness (QED) is 0.878. The highest BCUT2D eigenvalue weighted by molar-refractivity contribution is 9.10. The summed E-state index contributed by atoms with van der Waals surface area (Å²) in [5.41, 5.74) is 2.76. The number of hydrogen-bond acceptors (Lipinski definition) is 1. The van der Waals surface area contributed by atoms with Crippen molar-refractivity contribution in [1.82, 2.24) is 0 Å². The second-order valence-electron chi connectivity index (χ2n) is 5.58. The normalized spacial score (nSPS) is 21.6. The molecule has 1 unspecified atom stereocenters. The van der Waals surface area contributed by atoms with E-state index in [1.54, 1.807) is 6.07 Å². The third kappa shape index (κ3) is 2.79. The maximum atomic E-state index is 13.1. The van der Waals surface area contributed by atoms with Crippen molar-refractivity contribution in [3.05, 3.63) is 69.4 Å². The third-order valence-electron chi connectivity index (χ3n) is 4.03. The lowest BCUT2D eigenvalue weighted by Crippen LogP contribution is -2.38. The lowest BCUT2D eigenvalue weighted by atomic mass is 9.77. The first-order valence-electron chi connectivity index (χ1n) is 6.79. The number of benzene rings is 2. The van der Waals surface area contributed by atoms with Gasteiger partial charge in [0.2, 0.25) is 0 Å². The molecular formula is C17H16BrFO. The van der Waals surface area contributed by atoms with Gasteiger partial charge in [0.1, 0.15) is 5.82 Å². The van der Waals surface area contributed by atoms with Gasteiger partial charge in [0.05, 0.1) is 5.60 Å². The van der Waals surface area contributed by atoms with Crippen LogP contribution in [0.4, 0.5) is 4.39 Å². The summed E-state index contributed by atoms with van der Waals surface area (Å²) in [5, 5.41) is 10.9. The largest absolute Gasteiger partial charge is 0.389 e. The van der Waals surface area contributed by atoms with Crippen LogP contribution in [0.3, 0.4) is 0 Å². The van der Waals surface area contributed by atoms with Gasteiger partial charge >= 0.3 is 0 Å². The van der Waals surface area contributed by atoms with Crippen molar-refractivity contribution in [2.75, 3.05) is 0 Å². The number of hydrogen-bond donors (Lipinski definition) is 1. The third-order valence-corrected chi connectivity index (χ3v) is 4.77. The fourth-order valence-electron chi connectivity index (χ4n) is 2.95. The average molecular weight is 335 g/mol. The summed E-state index contributed by atoms with van der Waals surface area (Å²) >= 11 is 3.38. The molecule has 0 aliphatic heterocycles. The zero-order chi connectivity index (χ0) is 14.2. The van der Waals surface area contributed by atoms with E-state index in [1.165, 1.54) is 23.3 Å². The topological polar surface area (TPSA) is 20.2 Å². The van der Waals surface area contributed by atoms with E-state index in [4.69, 9.17) is 0 Å². The molecule has 2 aromatic rings. The molecule has 2 aromatic carbocycles. The van der Waals surface area contributed by atoms with Gasteiger partial charge in [-0.1, -0.05) is 46.3 Å². The van der Waals surface area contributed by atoms with E-state index in [2.05, 4.69) is 28.1 Å². The van der Waals surface area contributed by atoms with E-state index in [0.717, 1.165) is 22.9 Å². The molecule has 3 rings (SSSR count). The molecule has 0 fully saturated rings. The average Bonchev–Trinajstić information content (AvgIpc) is 2.42. The molecule has 0 spiro atoms. The van der Waals surface area contributed by atoms with Crippen LogP contribution in [0.15, 0.2) is 46.9 Å². The molecule has 0 heterocycles. The predicted molar refractivity (Wildman–Crippen MR) is 81.2 cm³/mol. The van der Waals surface area contributed by atoms with Gasteiger partial charge in [-0.05, 0) is 41.7 Å². The molecule has 0 saturated carbocycles. The Morgan fingerprint density at radius 1 is 1.15 bits per heavy atom. The second-order valence-corrected chi connectivity index (χ2v) is 6.44. The SMILES string of the molecule is OC1(Cc2ccc(F)cc2Br)CCc2ccccc2C1. The van der Waals surface area contributed by atoms with E-state index >= 15 is 0 Å². The molecule has 20 heavy (non-hydrogen) atoms. The minimum Gasteiger partial charge on any atom is -0.389 e. The zero-order valence-corrected chi connectivity index (χ0v) is 12.7. The summed E-state index contributed by atoms with van der Waals surface area (Å²) in [4.78, 5) is 0. The van der Waals surface area contributed by atoms with E-state index in [1.807, 2.05) is 12.1 Å². The van der Waals surface area contributed by atoms with Crippen LogP contribution in [0.5, 0.6) is 0 Å². The molecule has 1 nitrogen and oxygen atoms in total. The Morgan fingerprint density at radius 2 is 1.90 bits per heavy atom. The highest BCUT2D eigenvalue weighted by Gasteiger charge is 2.32. The van der Waals surface area contributed by atoms with Gasteiger partial charge < -0.3 is 5.11 Å². The molecular weight excluding hydrogens is 319 g/mol. The van der Waals surface area contributed by atoms with Crippen LogP contribution in [0.1, 0.15) is 23.1 Å². The summed E-state index contributed by atoms with van der Waals surface area (Å²) in [5.74, 6) is -0.262. The molecule has 1 N–H and O–H groups in total. The summed E-state index contributed by atoms with van der Waals surface area (Å²) in [6.45, 7) is 0. The van der Waals surface area contributed by atoms with E-state index in [0.29, 0.717) is 12.8 Å². The molecule has 0 aromatic heterocycles. The number of halogens is 2. The van der Waals surface area contributed by atoms with Crippen molar-refractivity contribution in [3.8, 4) is 0 Å². The Kier molecular flexibility index (Phi) is 3.65. The molecule has 1 aliphatic rings. The molecule has 1 aliphatic carbocycles. The van der Waals surface area contributed by atoms with Crippen LogP contribution in [0.25, 0.3) is 0 Å². The van der Waals surface area contributed by atoms with Crippen molar-refractivity contribution in [1.29, 1.82) is 0 Å². The Balaban J connectivity index is 1.84. The first-order chi connectivity index (χ1) is 9.56. The van der Waals surface area contributed by atoms with E-state index in [-0.39, 0.29) is 5.82 Å². The van der Waals surface area contributed by atoms with Crippen LogP contribution in [-0.2, 0) is 19.3 Å². The lowest BCUT2D eigenvalue weighted by molar-refractivity contribution is 0.0265. The Bertz CT molecular complexity index is 641. The Morgan fingerprint density at radius 3 is 2.65 bits per heavy atom. The molecule has 0 amide bonds. The summed E-state index contributed by atoms with van der Waals surface area (Å²) < 4.78 is 13.9. The summed E-state index contributed by atoms with van der Waals surface area (Å²) in [7, 11) is 0. The molecule has 0 saturated heterocycles. The highest BCUT2D eigenvalue weighted by Crippen LogP contribution is 2.33. The monoisotopic (exact) mass is 334 g/mol. The predicted octanol–water partition coefficient (Wildman–Crippen LogP) is 4.05. The van der Waals surface area contributed by atoms with Crippen LogP contribution in [-0.4, -0.2) is 10.7 Å². The Labute approximate surface area is 126 Å². The van der Waals surface area contributed by atoms with Crippen LogP contribution < -0.4 is 0 Å². The van der Waals surface area contributed by atoms with Gasteiger partial charge in [-0.2, -0.15) is 0 Å². The zero-order valence-electron chi connectivity index (χ0n) is 11.1. The highest BCUT2D eigenvalue weighted by atomic mass is 79.9. The maximum Gasteiger partial charge on any atom is 0.124 e. The number of aliphatic hydroxyl groups is 1. The fraction of sp³-hybridized carbons (Fsp3) is 0.294. The first kappa shape index (κ1) is 13.8. The van der Waals surface area contributed by atoms with E-state index < -0.39 is 5.60 Å². The molecule has 3 heteroatoms. The molecule has 104 valence electrons. The minimum atomic E-state index is -0.741. The molecule has 1 atom stereocenters. The van der Waals surface area contributed by atoms with Crippen LogP contribution in [0.2, 0.25) is 0 Å². The van der Waals surface area contributed by atoms with Gasteiger partial charge in [0.15, 0.2) is 0 Å². The second kappa shape index (κ2) is 5.30. The van der Waals surface area contributed by atoms with Crippen molar-refractivity contribution in [2.24, 2.45) is 0 Å². The Hall–Kier alpha value is -1.19. The van der Waals surface area contributed by atoms with E-state index in [9.17, 15) is 9.50 Å². The fourth-order valence-corrected chi connectivity index (χ4v) is 3.45. The van der Waals surface area contributed by atoms with Gasteiger partial charge in [-0.25, -0.2) is 4.39 Å². The minimum absolute atomic E-state index is 0.262. The van der Waals surface area contributed by atoms with Crippen molar-refractivity contribution < 1.29 is 9.50 Å². The van der Waals surface area contributed by atoms with Crippen molar-refractivity contribution in [2.45, 2.75) is 31.3 Å². The van der Waals surface area contributed by atoms with Gasteiger partial charge in [-0.15, -0.1) is 0 Å². The summed E-state index contributed by atoms with van der Waals surface area (Å²) in [6.07, 6.45) is 2.84. The smallest absolute Gasteiger partial charge is 0.124 e. The van der Waals surface area contributed by atoms with Crippen LogP contribution >= 0.6 is 15.9 Å². The maximum absolute atomic E-state index is 13.1. The van der Waals surface area contributed by atoms with Crippen LogP contribution in [0, 0.1) is 5.82 Å². The van der Waals surface area contributed by atoms with Gasteiger partial charge in [0, 0.05) is 17.3 Å². The first-order valence-corrected chi connectivity index (χ1v) is 7.58. The van der Waals surface area contributed by atoms with Gasteiger partial charge in [0.25, 0.3) is 0 Å². The molecule has 0 bridgehead atoms.